The molecule has 1 heterocycles. The van der Waals surface area contributed by atoms with E-state index < -0.39 is 10.0 Å². The highest BCUT2D eigenvalue weighted by Crippen LogP contribution is 2.21. The molecule has 7 nitrogen and oxygen atoms in total. The van der Waals surface area contributed by atoms with Crippen LogP contribution in [0.1, 0.15) is 30.4 Å². The first kappa shape index (κ1) is 24.2. The van der Waals surface area contributed by atoms with Gasteiger partial charge in [-0.2, -0.15) is 5.26 Å². The fraction of sp³-hybridized carbons (Fsp3) is 0.391. The average molecular weight is 475 g/mol. The third-order valence-corrected chi connectivity index (χ3v) is 7.28. The third kappa shape index (κ3) is 6.78. The van der Waals surface area contributed by atoms with Gasteiger partial charge in [-0.15, -0.1) is 0 Å². The number of hydrogen-bond acceptors (Lipinski definition) is 5. The van der Waals surface area contributed by atoms with Gasteiger partial charge >= 0.3 is 0 Å². The zero-order chi connectivity index (χ0) is 23.1. The Hall–Kier alpha value is -2.44. The number of carbonyl (C=O) groups excluding carboxylic acids is 1. The van der Waals surface area contributed by atoms with Crippen molar-refractivity contribution in [1.29, 1.82) is 5.26 Å². The fourth-order valence-corrected chi connectivity index (χ4v) is 5.05. The molecule has 2 N–H and O–H groups in total. The molecule has 0 saturated carbocycles. The van der Waals surface area contributed by atoms with Gasteiger partial charge in [-0.1, -0.05) is 29.3 Å². The Morgan fingerprint density at radius 2 is 2.00 bits per heavy atom. The van der Waals surface area contributed by atoms with Crippen molar-refractivity contribution in [3.05, 3.63) is 58.6 Å². The molecule has 2 aromatic rings. The molecule has 1 saturated heterocycles. The Bertz CT molecular complexity index is 1100. The van der Waals surface area contributed by atoms with E-state index in [9.17, 15) is 13.2 Å². The summed E-state index contributed by atoms with van der Waals surface area (Å²) in [5, 5.41) is 12.0. The largest absolute Gasteiger partial charge is 0.326 e. The number of aryl methyl sites for hydroxylation is 1. The van der Waals surface area contributed by atoms with Gasteiger partial charge < -0.3 is 10.2 Å². The third-order valence-electron chi connectivity index (χ3n) is 5.52. The van der Waals surface area contributed by atoms with Gasteiger partial charge in [0.2, 0.25) is 15.9 Å². The van der Waals surface area contributed by atoms with Crippen molar-refractivity contribution in [3.63, 3.8) is 0 Å². The van der Waals surface area contributed by atoms with E-state index in [0.29, 0.717) is 35.8 Å². The lowest BCUT2D eigenvalue weighted by atomic mass is 9.98. The maximum atomic E-state index is 12.5. The van der Waals surface area contributed by atoms with Crippen LogP contribution in [0.4, 0.5) is 5.69 Å². The summed E-state index contributed by atoms with van der Waals surface area (Å²) >= 11 is 6.00. The summed E-state index contributed by atoms with van der Waals surface area (Å²) in [5.74, 6) is 0.0670. The summed E-state index contributed by atoms with van der Waals surface area (Å²) in [6.45, 7) is 4.52. The summed E-state index contributed by atoms with van der Waals surface area (Å²) in [4.78, 5) is 14.8. The summed E-state index contributed by atoms with van der Waals surface area (Å²) in [6, 6.07) is 13.6. The Balaban J connectivity index is 1.45. The Kier molecular flexibility index (Phi) is 8.26. The SMILES string of the molecule is Cc1ccc(S(=O)(=O)NCC2CCCN(CCC(=O)Nc3ccc(C#N)c(Cl)c3)C2)cc1. The second-order valence-electron chi connectivity index (χ2n) is 8.08. The van der Waals surface area contributed by atoms with Crippen molar-refractivity contribution in [2.75, 3.05) is 31.5 Å². The number of nitriles is 1. The summed E-state index contributed by atoms with van der Waals surface area (Å²) in [6.07, 6.45) is 2.23. The number of rotatable bonds is 8. The second kappa shape index (κ2) is 10.9. The van der Waals surface area contributed by atoms with Crippen LogP contribution in [0.5, 0.6) is 0 Å². The summed E-state index contributed by atoms with van der Waals surface area (Å²) < 4.78 is 27.8. The minimum atomic E-state index is -3.53. The van der Waals surface area contributed by atoms with Crippen molar-refractivity contribution >= 4 is 33.2 Å². The highest BCUT2D eigenvalue weighted by Gasteiger charge is 2.23. The monoisotopic (exact) mass is 474 g/mol. The quantitative estimate of drug-likeness (QED) is 0.609. The van der Waals surface area contributed by atoms with Crippen LogP contribution in [-0.4, -0.2) is 45.4 Å². The molecule has 0 aliphatic carbocycles. The zero-order valence-corrected chi connectivity index (χ0v) is 19.5. The molecule has 32 heavy (non-hydrogen) atoms. The van der Waals surface area contributed by atoms with Crippen molar-refractivity contribution in [2.45, 2.75) is 31.1 Å². The molecule has 9 heteroatoms. The standard InChI is InChI=1S/C23H27ClN4O3S/c1-17-4-8-21(9-5-17)32(30,31)26-15-18-3-2-11-28(16-18)12-10-23(29)27-20-7-6-19(14-25)22(24)13-20/h4-9,13,18,26H,2-3,10-12,15-16H2,1H3,(H,27,29). The normalized spacial score (nSPS) is 17.0. The highest BCUT2D eigenvalue weighted by molar-refractivity contribution is 7.89. The number of hydrogen-bond donors (Lipinski definition) is 2. The van der Waals surface area contributed by atoms with E-state index in [1.54, 1.807) is 42.5 Å². The topological polar surface area (TPSA) is 102 Å². The molecule has 0 aromatic heterocycles. The van der Waals surface area contributed by atoms with E-state index in [-0.39, 0.29) is 16.7 Å². The molecule has 1 fully saturated rings. The van der Waals surface area contributed by atoms with Gasteiger partial charge in [0, 0.05) is 31.7 Å². The van der Waals surface area contributed by atoms with Crippen LogP contribution in [0.25, 0.3) is 0 Å². The number of halogens is 1. The van der Waals surface area contributed by atoms with Gasteiger partial charge in [0.15, 0.2) is 0 Å². The number of anilines is 1. The minimum Gasteiger partial charge on any atom is -0.326 e. The second-order valence-corrected chi connectivity index (χ2v) is 10.3. The van der Waals surface area contributed by atoms with Crippen LogP contribution in [0.3, 0.4) is 0 Å². The molecular weight excluding hydrogens is 448 g/mol. The van der Waals surface area contributed by atoms with Crippen LogP contribution in [0.2, 0.25) is 5.02 Å². The number of amides is 1. The predicted octanol–water partition coefficient (Wildman–Crippen LogP) is 3.54. The average Bonchev–Trinajstić information content (AvgIpc) is 2.77. The smallest absolute Gasteiger partial charge is 0.240 e. The van der Waals surface area contributed by atoms with E-state index in [1.165, 1.54) is 0 Å². The lowest BCUT2D eigenvalue weighted by molar-refractivity contribution is -0.116. The first-order valence-electron chi connectivity index (χ1n) is 10.5. The molecule has 1 amide bonds. The molecule has 170 valence electrons. The number of carbonyl (C=O) groups is 1. The van der Waals surface area contributed by atoms with Crippen molar-refractivity contribution in [2.24, 2.45) is 5.92 Å². The predicted molar refractivity (Wildman–Crippen MR) is 125 cm³/mol. The number of benzene rings is 2. The fourth-order valence-electron chi connectivity index (χ4n) is 3.72. The van der Waals surface area contributed by atoms with Crippen LogP contribution < -0.4 is 10.0 Å². The highest BCUT2D eigenvalue weighted by atomic mass is 35.5. The molecule has 1 atom stereocenters. The first-order chi connectivity index (χ1) is 15.3. The van der Waals surface area contributed by atoms with Gasteiger partial charge in [-0.3, -0.25) is 4.79 Å². The molecule has 0 bridgehead atoms. The van der Waals surface area contributed by atoms with Crippen molar-refractivity contribution in [1.82, 2.24) is 9.62 Å². The Morgan fingerprint density at radius 3 is 2.69 bits per heavy atom. The number of nitrogens with one attached hydrogen (secondary N) is 2. The van der Waals surface area contributed by atoms with Gasteiger partial charge in [0.05, 0.1) is 15.5 Å². The number of piperidine rings is 1. The van der Waals surface area contributed by atoms with E-state index in [1.807, 2.05) is 13.0 Å². The molecule has 0 radical (unpaired) electrons. The zero-order valence-electron chi connectivity index (χ0n) is 18.0. The van der Waals surface area contributed by atoms with Crippen LogP contribution in [0.15, 0.2) is 47.4 Å². The van der Waals surface area contributed by atoms with Crippen LogP contribution >= 0.6 is 11.6 Å². The summed E-state index contributed by atoms with van der Waals surface area (Å²) in [7, 11) is -3.53. The molecule has 2 aromatic carbocycles. The molecule has 0 spiro atoms. The van der Waals surface area contributed by atoms with Gasteiger partial charge in [0.1, 0.15) is 6.07 Å². The van der Waals surface area contributed by atoms with Gasteiger partial charge in [0.25, 0.3) is 0 Å². The van der Waals surface area contributed by atoms with Crippen LogP contribution in [0, 0.1) is 24.2 Å². The molecule has 1 aliphatic rings. The number of sulfonamides is 1. The van der Waals surface area contributed by atoms with Gasteiger partial charge in [-0.05, 0) is 62.6 Å². The first-order valence-corrected chi connectivity index (χ1v) is 12.4. The van der Waals surface area contributed by atoms with E-state index >= 15 is 0 Å². The molecule has 3 rings (SSSR count). The van der Waals surface area contributed by atoms with Crippen LogP contribution in [-0.2, 0) is 14.8 Å². The number of nitrogens with zero attached hydrogens (tertiary/aromatic N) is 2. The maximum Gasteiger partial charge on any atom is 0.240 e. The molecule has 1 aliphatic heterocycles. The Morgan fingerprint density at radius 1 is 1.25 bits per heavy atom. The minimum absolute atomic E-state index is 0.132. The van der Waals surface area contributed by atoms with E-state index in [0.717, 1.165) is 31.5 Å². The molecular formula is C23H27ClN4O3S. The van der Waals surface area contributed by atoms with E-state index in [4.69, 9.17) is 16.9 Å². The van der Waals surface area contributed by atoms with Gasteiger partial charge in [-0.25, -0.2) is 13.1 Å². The lowest BCUT2D eigenvalue weighted by Gasteiger charge is -2.32. The van der Waals surface area contributed by atoms with Crippen molar-refractivity contribution < 1.29 is 13.2 Å². The number of likely N-dealkylation sites (tertiary alicyclic amines) is 1. The Labute approximate surface area is 194 Å². The summed E-state index contributed by atoms with van der Waals surface area (Å²) in [5.41, 5.74) is 1.93. The van der Waals surface area contributed by atoms with Crippen molar-refractivity contribution in [3.8, 4) is 6.07 Å². The maximum absolute atomic E-state index is 12.5. The lowest BCUT2D eigenvalue weighted by Crippen LogP contribution is -2.41. The molecule has 1 unspecified atom stereocenters. The van der Waals surface area contributed by atoms with E-state index in [2.05, 4.69) is 14.9 Å².